The highest BCUT2D eigenvalue weighted by Crippen LogP contribution is 2.46. The van der Waals surface area contributed by atoms with E-state index >= 15 is 0 Å². The maximum atomic E-state index is 12.5. The molecule has 0 amide bonds. The summed E-state index contributed by atoms with van der Waals surface area (Å²) in [5, 5.41) is 9.43. The van der Waals surface area contributed by atoms with E-state index in [1.807, 2.05) is 0 Å². The van der Waals surface area contributed by atoms with Gasteiger partial charge in [-0.3, -0.25) is 4.79 Å². The van der Waals surface area contributed by atoms with Crippen molar-refractivity contribution in [2.24, 2.45) is 5.73 Å². The highest BCUT2D eigenvalue weighted by atomic mass is 16.5. The van der Waals surface area contributed by atoms with Crippen molar-refractivity contribution < 1.29 is 33.3 Å². The number of rotatable bonds is 5. The molecule has 2 aromatic rings. The topological polar surface area (TPSA) is 130 Å². The van der Waals surface area contributed by atoms with Crippen LogP contribution in [-0.2, 0) is 16.1 Å². The van der Waals surface area contributed by atoms with E-state index in [9.17, 15) is 14.7 Å². The van der Waals surface area contributed by atoms with E-state index in [-0.39, 0.29) is 28.7 Å². The number of nitrogens with two attached hydrogens (primary N) is 1. The van der Waals surface area contributed by atoms with Crippen LogP contribution in [0.1, 0.15) is 23.0 Å². The smallest absolute Gasteiger partial charge is 0.340 e. The molecule has 0 bridgehead atoms. The monoisotopic (exact) mass is 389 g/mol. The summed E-state index contributed by atoms with van der Waals surface area (Å²) in [5.74, 6) is -1.52. The first-order chi connectivity index (χ1) is 13.5. The number of aliphatic hydroxyl groups excluding tert-OH is 1. The molecule has 9 heteroatoms. The third-order valence-corrected chi connectivity index (χ3v) is 4.31. The maximum absolute atomic E-state index is 12.5. The summed E-state index contributed by atoms with van der Waals surface area (Å²) in [7, 11) is 4.10. The third-order valence-electron chi connectivity index (χ3n) is 4.31. The second-order valence-corrected chi connectivity index (χ2v) is 5.82. The van der Waals surface area contributed by atoms with Gasteiger partial charge in [-0.1, -0.05) is 12.1 Å². The Balaban J connectivity index is 2.38. The summed E-state index contributed by atoms with van der Waals surface area (Å²) in [4.78, 5) is 24.9. The lowest BCUT2D eigenvalue weighted by Crippen LogP contribution is -2.30. The molecule has 3 N–H and O–H groups in total. The summed E-state index contributed by atoms with van der Waals surface area (Å²) in [5.41, 5.74) is 5.77. The Bertz CT molecular complexity index is 1010. The predicted octanol–water partition coefficient (Wildman–Crippen LogP) is 1.02. The van der Waals surface area contributed by atoms with Gasteiger partial charge in [-0.25, -0.2) is 4.79 Å². The van der Waals surface area contributed by atoms with Crippen LogP contribution in [0.5, 0.6) is 17.2 Å². The molecule has 1 aliphatic rings. The molecule has 1 atom stereocenters. The number of fused-ring (bicyclic) bond motifs is 1. The van der Waals surface area contributed by atoms with Gasteiger partial charge in [-0.2, -0.15) is 0 Å². The molecule has 0 saturated carbocycles. The third kappa shape index (κ3) is 3.05. The Morgan fingerprint density at radius 3 is 2.61 bits per heavy atom. The van der Waals surface area contributed by atoms with Crippen molar-refractivity contribution in [1.82, 2.24) is 0 Å². The van der Waals surface area contributed by atoms with Crippen molar-refractivity contribution in [1.29, 1.82) is 0 Å². The minimum atomic E-state index is -0.986. The Kier molecular flexibility index (Phi) is 5.27. The summed E-state index contributed by atoms with van der Waals surface area (Å²) >= 11 is 0. The number of aliphatic hydroxyl groups is 1. The fourth-order valence-corrected chi connectivity index (χ4v) is 3.12. The van der Waals surface area contributed by atoms with E-state index in [0.717, 1.165) is 6.07 Å². The van der Waals surface area contributed by atoms with Crippen molar-refractivity contribution in [3.63, 3.8) is 0 Å². The lowest BCUT2D eigenvalue weighted by molar-refractivity contribution is -0.136. The van der Waals surface area contributed by atoms with E-state index in [1.54, 1.807) is 18.2 Å². The van der Waals surface area contributed by atoms with Gasteiger partial charge in [-0.05, 0) is 6.07 Å². The van der Waals surface area contributed by atoms with E-state index in [0.29, 0.717) is 17.1 Å². The van der Waals surface area contributed by atoms with Crippen LogP contribution in [0.15, 0.2) is 44.9 Å². The van der Waals surface area contributed by atoms with Crippen LogP contribution >= 0.6 is 0 Å². The largest absolute Gasteiger partial charge is 0.493 e. The van der Waals surface area contributed by atoms with Crippen molar-refractivity contribution in [3.8, 4) is 17.2 Å². The molecule has 3 rings (SSSR count). The standard InChI is InChI=1S/C19H19NO8/c1-24-12-6-4-5-10(15(12)25-2)13-14(19(23)26-3)18(20)28-16-11(22)7-9(8-21)27-17(13)16/h4-7,13,21H,8,20H2,1-3H3/t13-/m0/s1. The number of ether oxygens (including phenoxy) is 4. The van der Waals surface area contributed by atoms with Crippen molar-refractivity contribution in [2.75, 3.05) is 21.3 Å². The number of esters is 1. The van der Waals surface area contributed by atoms with E-state index in [4.69, 9.17) is 29.1 Å². The zero-order chi connectivity index (χ0) is 20.4. The van der Waals surface area contributed by atoms with Gasteiger partial charge in [0.25, 0.3) is 0 Å². The SMILES string of the molecule is COC(=O)C1=C(N)Oc2c(oc(CO)cc2=O)[C@H]1c1cccc(OC)c1OC. The van der Waals surface area contributed by atoms with Crippen LogP contribution in [0.4, 0.5) is 0 Å². The molecular formula is C19H19NO8. The molecule has 0 aliphatic carbocycles. The molecular weight excluding hydrogens is 370 g/mol. The van der Waals surface area contributed by atoms with E-state index < -0.39 is 23.9 Å². The molecule has 1 aromatic carbocycles. The molecule has 0 spiro atoms. The van der Waals surface area contributed by atoms with E-state index in [1.165, 1.54) is 21.3 Å². The van der Waals surface area contributed by atoms with Gasteiger partial charge in [0.1, 0.15) is 17.9 Å². The highest BCUT2D eigenvalue weighted by Gasteiger charge is 2.40. The van der Waals surface area contributed by atoms with E-state index in [2.05, 4.69) is 0 Å². The fraction of sp³-hybridized carbons (Fsp3) is 0.263. The van der Waals surface area contributed by atoms with Gasteiger partial charge < -0.3 is 34.2 Å². The van der Waals surface area contributed by atoms with Crippen LogP contribution in [0.25, 0.3) is 0 Å². The van der Waals surface area contributed by atoms with Crippen LogP contribution in [0, 0.1) is 0 Å². The van der Waals surface area contributed by atoms with Crippen LogP contribution in [0.3, 0.4) is 0 Å². The average Bonchev–Trinajstić information content (AvgIpc) is 2.71. The normalized spacial score (nSPS) is 15.5. The second-order valence-electron chi connectivity index (χ2n) is 5.82. The number of carbonyl (C=O) groups is 1. The molecule has 2 heterocycles. The summed E-state index contributed by atoms with van der Waals surface area (Å²) in [6, 6.07) is 6.12. The first-order valence-electron chi connectivity index (χ1n) is 8.21. The number of carbonyl (C=O) groups excluding carboxylic acids is 1. The highest BCUT2D eigenvalue weighted by molar-refractivity contribution is 5.92. The second kappa shape index (κ2) is 7.65. The minimum Gasteiger partial charge on any atom is -0.493 e. The maximum Gasteiger partial charge on any atom is 0.340 e. The van der Waals surface area contributed by atoms with Crippen molar-refractivity contribution in [3.05, 3.63) is 63.0 Å². The Hall–Kier alpha value is -3.46. The number of benzene rings is 1. The van der Waals surface area contributed by atoms with Crippen LogP contribution in [0.2, 0.25) is 0 Å². The summed E-state index contributed by atoms with van der Waals surface area (Å²) in [6.45, 7) is -0.517. The fourth-order valence-electron chi connectivity index (χ4n) is 3.12. The number of hydrogen-bond donors (Lipinski definition) is 2. The Morgan fingerprint density at radius 1 is 1.25 bits per heavy atom. The molecule has 0 radical (unpaired) electrons. The summed E-state index contributed by atoms with van der Waals surface area (Å²) < 4.78 is 26.7. The number of methoxy groups -OCH3 is 3. The van der Waals surface area contributed by atoms with Gasteiger partial charge in [0.05, 0.1) is 27.2 Å². The molecule has 148 valence electrons. The lowest BCUT2D eigenvalue weighted by Gasteiger charge is -2.28. The quantitative estimate of drug-likeness (QED) is 0.720. The molecule has 0 saturated heterocycles. The number of hydrogen-bond acceptors (Lipinski definition) is 9. The lowest BCUT2D eigenvalue weighted by atomic mass is 9.86. The molecule has 1 aliphatic heterocycles. The molecule has 9 nitrogen and oxygen atoms in total. The number of para-hydroxylation sites is 1. The van der Waals surface area contributed by atoms with Gasteiger partial charge >= 0.3 is 5.97 Å². The van der Waals surface area contributed by atoms with Gasteiger partial charge in [0.15, 0.2) is 17.3 Å². The average molecular weight is 389 g/mol. The van der Waals surface area contributed by atoms with Crippen LogP contribution < -0.4 is 25.4 Å². The molecule has 0 unspecified atom stereocenters. The summed E-state index contributed by atoms with van der Waals surface area (Å²) in [6.07, 6.45) is 0. The zero-order valence-electron chi connectivity index (χ0n) is 15.5. The predicted molar refractivity (Wildman–Crippen MR) is 96.1 cm³/mol. The van der Waals surface area contributed by atoms with Crippen molar-refractivity contribution >= 4 is 5.97 Å². The zero-order valence-corrected chi connectivity index (χ0v) is 15.5. The van der Waals surface area contributed by atoms with Crippen molar-refractivity contribution in [2.45, 2.75) is 12.5 Å². The first kappa shape index (κ1) is 19.3. The molecule has 28 heavy (non-hydrogen) atoms. The van der Waals surface area contributed by atoms with Gasteiger partial charge in [-0.15, -0.1) is 0 Å². The minimum absolute atomic E-state index is 0.00213. The Morgan fingerprint density at radius 2 is 2.00 bits per heavy atom. The molecule has 0 fully saturated rings. The van der Waals surface area contributed by atoms with Gasteiger partial charge in [0.2, 0.25) is 17.1 Å². The van der Waals surface area contributed by atoms with Crippen LogP contribution in [-0.4, -0.2) is 32.4 Å². The Labute approximate surface area is 159 Å². The molecule has 1 aromatic heterocycles. The van der Waals surface area contributed by atoms with Gasteiger partial charge in [0, 0.05) is 11.6 Å². The first-order valence-corrected chi connectivity index (χ1v) is 8.21.